The summed E-state index contributed by atoms with van der Waals surface area (Å²) in [5.41, 5.74) is 9.14. The molecule has 0 bridgehead atoms. The van der Waals surface area contributed by atoms with Gasteiger partial charge < -0.3 is 11.1 Å². The molecule has 0 aliphatic heterocycles. The van der Waals surface area contributed by atoms with Gasteiger partial charge >= 0.3 is 0 Å². The Balaban J connectivity index is 1.61. The summed E-state index contributed by atoms with van der Waals surface area (Å²) in [6.07, 6.45) is 3.14. The summed E-state index contributed by atoms with van der Waals surface area (Å²) < 4.78 is 0. The lowest BCUT2D eigenvalue weighted by molar-refractivity contribution is -0.119. The van der Waals surface area contributed by atoms with Crippen LogP contribution >= 0.6 is 11.8 Å². The van der Waals surface area contributed by atoms with E-state index in [0.717, 1.165) is 29.8 Å². The SMILES string of the molecule is Nc1ccc2c(c1)CCCC2NC(=O)CSc1ccccc1. The lowest BCUT2D eigenvalue weighted by Crippen LogP contribution is -2.32. The van der Waals surface area contributed by atoms with E-state index in [1.54, 1.807) is 11.8 Å². The van der Waals surface area contributed by atoms with Crippen molar-refractivity contribution in [3.8, 4) is 0 Å². The molecule has 3 rings (SSSR count). The number of nitrogen functional groups attached to an aromatic ring is 1. The number of hydrogen-bond acceptors (Lipinski definition) is 3. The second kappa shape index (κ2) is 6.88. The van der Waals surface area contributed by atoms with E-state index < -0.39 is 0 Å². The molecule has 1 amide bonds. The number of amides is 1. The van der Waals surface area contributed by atoms with E-state index >= 15 is 0 Å². The fourth-order valence-electron chi connectivity index (χ4n) is 2.89. The summed E-state index contributed by atoms with van der Waals surface area (Å²) in [6, 6.07) is 16.1. The van der Waals surface area contributed by atoms with E-state index in [9.17, 15) is 4.79 Å². The smallest absolute Gasteiger partial charge is 0.230 e. The first-order valence-electron chi connectivity index (χ1n) is 7.58. The topological polar surface area (TPSA) is 55.1 Å². The van der Waals surface area contributed by atoms with Crippen molar-refractivity contribution < 1.29 is 4.79 Å². The molecule has 1 aliphatic carbocycles. The third-order valence-electron chi connectivity index (χ3n) is 3.93. The Hall–Kier alpha value is -1.94. The minimum absolute atomic E-state index is 0.0866. The summed E-state index contributed by atoms with van der Waals surface area (Å²) >= 11 is 1.57. The van der Waals surface area contributed by atoms with E-state index in [1.807, 2.05) is 42.5 Å². The highest BCUT2D eigenvalue weighted by molar-refractivity contribution is 8.00. The number of rotatable bonds is 4. The summed E-state index contributed by atoms with van der Waals surface area (Å²) in [5, 5.41) is 3.16. The van der Waals surface area contributed by atoms with Gasteiger partial charge in [-0.15, -0.1) is 11.8 Å². The molecule has 0 saturated carbocycles. The Labute approximate surface area is 135 Å². The van der Waals surface area contributed by atoms with Crippen molar-refractivity contribution in [1.29, 1.82) is 0 Å². The number of aryl methyl sites for hydroxylation is 1. The third-order valence-corrected chi connectivity index (χ3v) is 4.94. The predicted molar refractivity (Wildman–Crippen MR) is 91.8 cm³/mol. The van der Waals surface area contributed by atoms with Crippen LogP contribution in [0.15, 0.2) is 53.4 Å². The first-order valence-corrected chi connectivity index (χ1v) is 8.56. The number of nitrogens with one attached hydrogen (secondary N) is 1. The molecule has 0 radical (unpaired) electrons. The van der Waals surface area contributed by atoms with Crippen molar-refractivity contribution >= 4 is 23.4 Å². The Bertz CT molecular complexity index is 657. The van der Waals surface area contributed by atoms with Gasteiger partial charge in [-0.05, 0) is 54.7 Å². The van der Waals surface area contributed by atoms with Gasteiger partial charge in [-0.1, -0.05) is 24.3 Å². The molecule has 1 unspecified atom stereocenters. The average Bonchev–Trinajstić information content (AvgIpc) is 2.54. The van der Waals surface area contributed by atoms with Gasteiger partial charge in [0.25, 0.3) is 0 Å². The summed E-state index contributed by atoms with van der Waals surface area (Å²) in [6.45, 7) is 0. The maximum absolute atomic E-state index is 12.2. The van der Waals surface area contributed by atoms with Crippen LogP contribution in [0.2, 0.25) is 0 Å². The third kappa shape index (κ3) is 3.63. The average molecular weight is 312 g/mol. The first-order chi connectivity index (χ1) is 10.7. The highest BCUT2D eigenvalue weighted by Crippen LogP contribution is 2.31. The zero-order chi connectivity index (χ0) is 15.4. The normalized spacial score (nSPS) is 16.8. The van der Waals surface area contributed by atoms with E-state index in [1.165, 1.54) is 11.1 Å². The number of carbonyl (C=O) groups excluding carboxylic acids is 1. The largest absolute Gasteiger partial charge is 0.399 e. The van der Waals surface area contributed by atoms with Crippen molar-refractivity contribution in [2.45, 2.75) is 30.2 Å². The maximum Gasteiger partial charge on any atom is 0.230 e. The van der Waals surface area contributed by atoms with Crippen LogP contribution < -0.4 is 11.1 Å². The summed E-state index contributed by atoms with van der Waals surface area (Å²) in [5.74, 6) is 0.536. The molecule has 0 spiro atoms. The number of fused-ring (bicyclic) bond motifs is 1. The molecule has 1 aliphatic rings. The molecule has 2 aromatic rings. The van der Waals surface area contributed by atoms with Gasteiger partial charge in [0.15, 0.2) is 0 Å². The van der Waals surface area contributed by atoms with Gasteiger partial charge in [-0.25, -0.2) is 0 Å². The van der Waals surface area contributed by atoms with Gasteiger partial charge in [-0.2, -0.15) is 0 Å². The number of carbonyl (C=O) groups is 1. The van der Waals surface area contributed by atoms with Crippen LogP contribution in [0, 0.1) is 0 Å². The van der Waals surface area contributed by atoms with E-state index in [2.05, 4.69) is 11.4 Å². The quantitative estimate of drug-likeness (QED) is 0.670. The second-order valence-corrected chi connectivity index (χ2v) is 6.62. The van der Waals surface area contributed by atoms with Gasteiger partial charge in [0.2, 0.25) is 5.91 Å². The van der Waals surface area contributed by atoms with Crippen LogP contribution in [0.4, 0.5) is 5.69 Å². The van der Waals surface area contributed by atoms with Crippen molar-refractivity contribution in [3.63, 3.8) is 0 Å². The molecule has 0 saturated heterocycles. The highest BCUT2D eigenvalue weighted by atomic mass is 32.2. The minimum atomic E-state index is 0.0866. The van der Waals surface area contributed by atoms with Crippen LogP contribution in [-0.4, -0.2) is 11.7 Å². The van der Waals surface area contributed by atoms with Gasteiger partial charge in [0.1, 0.15) is 0 Å². The number of hydrogen-bond donors (Lipinski definition) is 2. The van der Waals surface area contributed by atoms with Crippen LogP contribution in [0.3, 0.4) is 0 Å². The van der Waals surface area contributed by atoms with Crippen molar-refractivity contribution in [3.05, 3.63) is 59.7 Å². The molecule has 1 atom stereocenters. The molecule has 0 aromatic heterocycles. The maximum atomic E-state index is 12.2. The van der Waals surface area contributed by atoms with Crippen molar-refractivity contribution in [2.24, 2.45) is 0 Å². The minimum Gasteiger partial charge on any atom is -0.399 e. The second-order valence-electron chi connectivity index (χ2n) is 5.57. The van der Waals surface area contributed by atoms with E-state index in [-0.39, 0.29) is 11.9 Å². The van der Waals surface area contributed by atoms with E-state index in [0.29, 0.717) is 5.75 Å². The van der Waals surface area contributed by atoms with Crippen LogP contribution in [0.25, 0.3) is 0 Å². The first kappa shape index (κ1) is 15.0. The zero-order valence-corrected chi connectivity index (χ0v) is 13.2. The summed E-state index contributed by atoms with van der Waals surface area (Å²) in [7, 11) is 0. The van der Waals surface area contributed by atoms with Crippen molar-refractivity contribution in [1.82, 2.24) is 5.32 Å². The number of anilines is 1. The Morgan fingerprint density at radius 3 is 2.86 bits per heavy atom. The molecule has 0 fully saturated rings. The molecule has 0 heterocycles. The lowest BCUT2D eigenvalue weighted by atomic mass is 9.87. The molecule has 2 aromatic carbocycles. The lowest BCUT2D eigenvalue weighted by Gasteiger charge is -2.26. The number of benzene rings is 2. The Morgan fingerprint density at radius 1 is 1.23 bits per heavy atom. The van der Waals surface area contributed by atoms with Crippen LogP contribution in [0.1, 0.15) is 30.0 Å². The molecule has 3 N–H and O–H groups in total. The fraction of sp³-hybridized carbons (Fsp3) is 0.278. The Kier molecular flexibility index (Phi) is 4.68. The highest BCUT2D eigenvalue weighted by Gasteiger charge is 2.21. The Morgan fingerprint density at radius 2 is 2.05 bits per heavy atom. The monoisotopic (exact) mass is 312 g/mol. The van der Waals surface area contributed by atoms with E-state index in [4.69, 9.17) is 5.73 Å². The number of nitrogens with two attached hydrogens (primary N) is 1. The molecule has 3 nitrogen and oxygen atoms in total. The van der Waals surface area contributed by atoms with Gasteiger partial charge in [0.05, 0.1) is 11.8 Å². The zero-order valence-electron chi connectivity index (χ0n) is 12.4. The number of thioether (sulfide) groups is 1. The fourth-order valence-corrected chi connectivity index (χ4v) is 3.62. The summed E-state index contributed by atoms with van der Waals surface area (Å²) in [4.78, 5) is 13.3. The molecular formula is C18H20N2OS. The standard InChI is InChI=1S/C18H20N2OS/c19-14-9-10-16-13(11-14)5-4-8-17(16)20-18(21)12-22-15-6-2-1-3-7-15/h1-3,6-7,9-11,17H,4-5,8,12,19H2,(H,20,21). The molecule has 114 valence electrons. The van der Waals surface area contributed by atoms with Gasteiger partial charge in [0, 0.05) is 10.6 Å². The molecular weight excluding hydrogens is 292 g/mol. The van der Waals surface area contributed by atoms with Gasteiger partial charge in [-0.3, -0.25) is 4.79 Å². The van der Waals surface area contributed by atoms with Crippen LogP contribution in [-0.2, 0) is 11.2 Å². The molecule has 4 heteroatoms. The van der Waals surface area contributed by atoms with Crippen molar-refractivity contribution in [2.75, 3.05) is 11.5 Å². The van der Waals surface area contributed by atoms with Crippen LogP contribution in [0.5, 0.6) is 0 Å². The predicted octanol–water partition coefficient (Wildman–Crippen LogP) is 3.55. The molecule has 22 heavy (non-hydrogen) atoms.